The predicted molar refractivity (Wildman–Crippen MR) is 116 cm³/mol. The molecule has 4 rings (SSSR count). The van der Waals surface area contributed by atoms with Gasteiger partial charge in [0.15, 0.2) is 5.82 Å². The SMILES string of the molecule is O=C(NCCC#Cc1cccc(Cl)c1F)OCC1c2ccccc2-c2ccccc21. The van der Waals surface area contributed by atoms with E-state index in [4.69, 9.17) is 16.3 Å². The summed E-state index contributed by atoms with van der Waals surface area (Å²) in [6, 6.07) is 21.0. The molecule has 0 unspecified atom stereocenters. The molecular formula is C25H19ClFNO2. The molecule has 1 aliphatic carbocycles. The molecule has 1 N–H and O–H groups in total. The lowest BCUT2D eigenvalue weighted by Crippen LogP contribution is -2.26. The number of nitrogens with one attached hydrogen (secondary N) is 1. The molecule has 3 aromatic carbocycles. The predicted octanol–water partition coefficient (Wildman–Crippen LogP) is 5.76. The number of carbonyl (C=O) groups is 1. The van der Waals surface area contributed by atoms with E-state index in [9.17, 15) is 9.18 Å². The van der Waals surface area contributed by atoms with Crippen molar-refractivity contribution in [3.63, 3.8) is 0 Å². The van der Waals surface area contributed by atoms with Gasteiger partial charge in [-0.1, -0.05) is 78.0 Å². The molecule has 0 bridgehead atoms. The fourth-order valence-electron chi connectivity index (χ4n) is 3.63. The maximum atomic E-state index is 13.8. The maximum absolute atomic E-state index is 13.8. The second-order valence-corrected chi connectivity index (χ2v) is 7.31. The van der Waals surface area contributed by atoms with Crippen LogP contribution in [0.5, 0.6) is 0 Å². The van der Waals surface area contributed by atoms with Crippen molar-refractivity contribution < 1.29 is 13.9 Å². The van der Waals surface area contributed by atoms with Gasteiger partial charge in [0.1, 0.15) is 6.61 Å². The van der Waals surface area contributed by atoms with Crippen LogP contribution in [0, 0.1) is 17.7 Å². The van der Waals surface area contributed by atoms with Gasteiger partial charge in [-0.3, -0.25) is 0 Å². The molecule has 0 fully saturated rings. The van der Waals surface area contributed by atoms with Gasteiger partial charge in [0.05, 0.1) is 10.6 Å². The van der Waals surface area contributed by atoms with Gasteiger partial charge in [-0.2, -0.15) is 0 Å². The lowest BCUT2D eigenvalue weighted by atomic mass is 9.98. The van der Waals surface area contributed by atoms with Crippen LogP contribution in [-0.2, 0) is 4.74 Å². The summed E-state index contributed by atoms with van der Waals surface area (Å²) in [5.41, 5.74) is 4.95. The summed E-state index contributed by atoms with van der Waals surface area (Å²) in [5, 5.41) is 2.72. The molecule has 0 radical (unpaired) electrons. The zero-order valence-electron chi connectivity index (χ0n) is 16.1. The fourth-order valence-corrected chi connectivity index (χ4v) is 3.81. The summed E-state index contributed by atoms with van der Waals surface area (Å²) >= 11 is 5.73. The summed E-state index contributed by atoms with van der Waals surface area (Å²) in [5.74, 6) is 5.04. The Morgan fingerprint density at radius 2 is 1.67 bits per heavy atom. The van der Waals surface area contributed by atoms with Gasteiger partial charge in [-0.05, 0) is 34.4 Å². The first-order chi connectivity index (χ1) is 14.6. The van der Waals surface area contributed by atoms with Crippen LogP contribution in [0.3, 0.4) is 0 Å². The smallest absolute Gasteiger partial charge is 0.407 e. The first kappa shape index (κ1) is 20.0. The highest BCUT2D eigenvalue weighted by Crippen LogP contribution is 2.44. The van der Waals surface area contributed by atoms with Gasteiger partial charge in [0.25, 0.3) is 0 Å². The second-order valence-electron chi connectivity index (χ2n) is 6.91. The highest BCUT2D eigenvalue weighted by atomic mass is 35.5. The quantitative estimate of drug-likeness (QED) is 0.431. The summed E-state index contributed by atoms with van der Waals surface area (Å²) in [6.45, 7) is 0.575. The number of alkyl carbamates (subject to hydrolysis) is 1. The van der Waals surface area contributed by atoms with Crippen LogP contribution >= 0.6 is 11.6 Å². The van der Waals surface area contributed by atoms with Crippen LogP contribution in [-0.4, -0.2) is 19.2 Å². The molecular weight excluding hydrogens is 401 g/mol. The maximum Gasteiger partial charge on any atom is 0.407 e. The molecule has 0 saturated heterocycles. The zero-order chi connectivity index (χ0) is 20.9. The molecule has 30 heavy (non-hydrogen) atoms. The van der Waals surface area contributed by atoms with Crippen LogP contribution in [0.4, 0.5) is 9.18 Å². The van der Waals surface area contributed by atoms with Crippen LogP contribution in [0.15, 0.2) is 66.7 Å². The average Bonchev–Trinajstić information content (AvgIpc) is 3.09. The van der Waals surface area contributed by atoms with E-state index in [1.54, 1.807) is 12.1 Å². The van der Waals surface area contributed by atoms with E-state index in [1.807, 2.05) is 24.3 Å². The largest absolute Gasteiger partial charge is 0.449 e. The first-order valence-electron chi connectivity index (χ1n) is 9.67. The molecule has 150 valence electrons. The Labute approximate surface area is 179 Å². The third-order valence-electron chi connectivity index (χ3n) is 5.04. The monoisotopic (exact) mass is 419 g/mol. The minimum atomic E-state index is -0.531. The van der Waals surface area contributed by atoms with E-state index in [1.165, 1.54) is 28.3 Å². The molecule has 0 spiro atoms. The Morgan fingerprint density at radius 1 is 1.00 bits per heavy atom. The number of benzene rings is 3. The average molecular weight is 420 g/mol. The molecule has 1 aliphatic rings. The summed E-state index contributed by atoms with van der Waals surface area (Å²) in [4.78, 5) is 12.1. The Hall–Kier alpha value is -3.29. The molecule has 3 nitrogen and oxygen atoms in total. The topological polar surface area (TPSA) is 38.3 Å². The highest BCUT2D eigenvalue weighted by Gasteiger charge is 2.28. The Kier molecular flexibility index (Phi) is 6.02. The minimum Gasteiger partial charge on any atom is -0.449 e. The summed E-state index contributed by atoms with van der Waals surface area (Å²) in [7, 11) is 0. The Morgan fingerprint density at radius 3 is 2.37 bits per heavy atom. The van der Waals surface area contributed by atoms with Crippen LogP contribution in [0.25, 0.3) is 11.1 Å². The molecule has 3 aromatic rings. The van der Waals surface area contributed by atoms with E-state index in [0.717, 1.165) is 0 Å². The van der Waals surface area contributed by atoms with Crippen molar-refractivity contribution in [1.82, 2.24) is 5.32 Å². The van der Waals surface area contributed by atoms with E-state index in [2.05, 4.69) is 41.4 Å². The minimum absolute atomic E-state index is 0.0220. The summed E-state index contributed by atoms with van der Waals surface area (Å²) < 4.78 is 19.2. The number of carbonyl (C=O) groups excluding carboxylic acids is 1. The van der Waals surface area contributed by atoms with Crippen molar-refractivity contribution in [2.45, 2.75) is 12.3 Å². The van der Waals surface area contributed by atoms with E-state index in [-0.39, 0.29) is 23.1 Å². The van der Waals surface area contributed by atoms with Gasteiger partial charge in [0, 0.05) is 18.9 Å². The van der Waals surface area contributed by atoms with Crippen LogP contribution in [0.2, 0.25) is 5.02 Å². The number of rotatable bonds is 4. The van der Waals surface area contributed by atoms with Crippen molar-refractivity contribution in [1.29, 1.82) is 0 Å². The number of fused-ring (bicyclic) bond motifs is 3. The first-order valence-corrected chi connectivity index (χ1v) is 10.0. The molecule has 0 saturated carbocycles. The highest BCUT2D eigenvalue weighted by molar-refractivity contribution is 6.30. The van der Waals surface area contributed by atoms with Crippen molar-refractivity contribution >= 4 is 17.7 Å². The molecule has 0 aromatic heterocycles. The van der Waals surface area contributed by atoms with Crippen LogP contribution < -0.4 is 5.32 Å². The van der Waals surface area contributed by atoms with Crippen molar-refractivity contribution in [3.8, 4) is 23.0 Å². The van der Waals surface area contributed by atoms with Crippen molar-refractivity contribution in [2.24, 2.45) is 0 Å². The molecule has 0 heterocycles. The van der Waals surface area contributed by atoms with Crippen molar-refractivity contribution in [3.05, 3.63) is 94.3 Å². The Balaban J connectivity index is 1.30. The molecule has 1 amide bonds. The molecule has 5 heteroatoms. The number of hydrogen-bond acceptors (Lipinski definition) is 2. The zero-order valence-corrected chi connectivity index (χ0v) is 16.9. The van der Waals surface area contributed by atoms with Gasteiger partial charge >= 0.3 is 6.09 Å². The van der Waals surface area contributed by atoms with Gasteiger partial charge in [0.2, 0.25) is 0 Å². The summed E-state index contributed by atoms with van der Waals surface area (Å²) in [6.07, 6.45) is -0.122. The standard InChI is InChI=1S/C25H19ClFNO2/c26-23-14-7-9-17(24(23)27)8-5-6-15-28-25(29)30-16-22-20-12-3-1-10-18(20)19-11-2-4-13-21(19)22/h1-4,7,9-14,22H,6,15-16H2,(H,28,29). The van der Waals surface area contributed by atoms with E-state index in [0.29, 0.717) is 13.0 Å². The fraction of sp³-hybridized carbons (Fsp3) is 0.160. The number of ether oxygens (including phenoxy) is 1. The lowest BCUT2D eigenvalue weighted by molar-refractivity contribution is 0.143. The van der Waals surface area contributed by atoms with Gasteiger partial charge in [-0.25, -0.2) is 9.18 Å². The normalized spacial score (nSPS) is 11.8. The molecule has 0 atom stereocenters. The van der Waals surface area contributed by atoms with Gasteiger partial charge in [-0.15, -0.1) is 0 Å². The number of amides is 1. The Bertz CT molecular complexity index is 1100. The second kappa shape index (κ2) is 9.02. The third kappa shape index (κ3) is 4.17. The van der Waals surface area contributed by atoms with Gasteiger partial charge < -0.3 is 10.1 Å². The van der Waals surface area contributed by atoms with E-state index >= 15 is 0 Å². The number of hydrogen-bond donors (Lipinski definition) is 1. The molecule has 0 aliphatic heterocycles. The number of halogens is 2. The van der Waals surface area contributed by atoms with Crippen molar-refractivity contribution in [2.75, 3.05) is 13.2 Å². The van der Waals surface area contributed by atoms with Crippen LogP contribution in [0.1, 0.15) is 29.0 Å². The van der Waals surface area contributed by atoms with E-state index < -0.39 is 11.9 Å². The third-order valence-corrected chi connectivity index (χ3v) is 5.33. The lowest BCUT2D eigenvalue weighted by Gasteiger charge is -2.14.